The molecular weight excluding hydrogens is 409 g/mol. The van der Waals surface area contributed by atoms with Crippen molar-refractivity contribution < 1.29 is 22.3 Å². The number of hydrogen-bond acceptors (Lipinski definition) is 7. The minimum Gasteiger partial charge on any atom is -0.598 e. The van der Waals surface area contributed by atoms with Gasteiger partial charge in [-0.25, -0.2) is 12.8 Å². The number of benzene rings is 1. The van der Waals surface area contributed by atoms with Crippen molar-refractivity contribution >= 4 is 26.9 Å². The van der Waals surface area contributed by atoms with E-state index in [-0.39, 0.29) is 5.56 Å². The lowest BCUT2D eigenvalue weighted by Crippen LogP contribution is -2.55. The molecule has 0 amide bonds. The summed E-state index contributed by atoms with van der Waals surface area (Å²) < 4.78 is 52.9. The molecule has 28 heavy (non-hydrogen) atoms. The summed E-state index contributed by atoms with van der Waals surface area (Å²) in [7, 11) is -4.15. The van der Waals surface area contributed by atoms with Crippen LogP contribution in [0.2, 0.25) is 0 Å². The number of nitrogens with zero attached hydrogens (tertiary/aromatic N) is 2. The van der Waals surface area contributed by atoms with Gasteiger partial charge in [0, 0.05) is 29.1 Å². The van der Waals surface area contributed by atoms with Gasteiger partial charge in [0.15, 0.2) is 14.6 Å². The second-order valence-electron chi connectivity index (χ2n) is 8.12. The molecule has 1 unspecified atom stereocenters. The van der Waals surface area contributed by atoms with E-state index in [4.69, 9.17) is 0 Å². The number of non-ortho nitro benzene ring substituents is 1. The van der Waals surface area contributed by atoms with Crippen LogP contribution in [0.1, 0.15) is 47.1 Å². The van der Waals surface area contributed by atoms with Crippen LogP contribution in [0.15, 0.2) is 18.2 Å². The Morgan fingerprint density at radius 3 is 2.21 bits per heavy atom. The van der Waals surface area contributed by atoms with E-state index in [0.717, 1.165) is 18.2 Å². The number of rotatable bonds is 7. The van der Waals surface area contributed by atoms with E-state index < -0.39 is 58.4 Å². The van der Waals surface area contributed by atoms with Crippen molar-refractivity contribution in [2.45, 2.75) is 56.6 Å². The number of halogens is 1. The normalized spacial score (nSPS) is 16.1. The summed E-state index contributed by atoms with van der Waals surface area (Å²) in [4.78, 5) is 10.4. The number of hydrogen-bond donors (Lipinski definition) is 1. The molecule has 0 bridgehead atoms. The first-order valence-electron chi connectivity index (χ1n) is 8.24. The van der Waals surface area contributed by atoms with Gasteiger partial charge in [0.25, 0.3) is 5.69 Å². The number of nitriles is 1. The second kappa shape index (κ2) is 7.94. The fourth-order valence-electron chi connectivity index (χ4n) is 2.20. The molecule has 0 saturated heterocycles. The van der Waals surface area contributed by atoms with E-state index in [2.05, 4.69) is 4.72 Å². The number of sulfone groups is 1. The largest absolute Gasteiger partial charge is 0.598 e. The van der Waals surface area contributed by atoms with Gasteiger partial charge in [0.2, 0.25) is 0 Å². The maximum atomic E-state index is 14.6. The predicted octanol–water partition coefficient (Wildman–Crippen LogP) is 2.72. The highest BCUT2D eigenvalue weighted by Gasteiger charge is 2.46. The molecule has 1 aromatic carbocycles. The topological polar surface area (TPSA) is 136 Å². The monoisotopic (exact) mass is 433 g/mol. The van der Waals surface area contributed by atoms with Crippen molar-refractivity contribution in [3.05, 3.63) is 39.7 Å². The van der Waals surface area contributed by atoms with Gasteiger partial charge in [-0.2, -0.15) is 5.26 Å². The average molecular weight is 434 g/mol. The van der Waals surface area contributed by atoms with Gasteiger partial charge in [-0.05, 0) is 47.6 Å². The minimum atomic E-state index is -4.15. The summed E-state index contributed by atoms with van der Waals surface area (Å²) in [5.74, 6) is -1.68. The Morgan fingerprint density at radius 1 is 1.25 bits per heavy atom. The Bertz CT molecular complexity index is 906. The van der Waals surface area contributed by atoms with E-state index in [1.165, 1.54) is 20.8 Å². The van der Waals surface area contributed by atoms with Crippen LogP contribution < -0.4 is 4.72 Å². The molecule has 0 spiro atoms. The summed E-state index contributed by atoms with van der Waals surface area (Å²) >= 11 is -1.83. The summed E-state index contributed by atoms with van der Waals surface area (Å²) in [6.45, 7) is 8.60. The molecule has 1 rings (SSSR count). The summed E-state index contributed by atoms with van der Waals surface area (Å²) in [5.41, 5.74) is -2.55. The van der Waals surface area contributed by atoms with Crippen LogP contribution in [0.4, 0.5) is 10.1 Å². The molecule has 0 fully saturated rings. The molecule has 0 radical (unpaired) electrons. The summed E-state index contributed by atoms with van der Waals surface area (Å²) in [6.07, 6.45) is 0. The Hall–Kier alpha value is -1.74. The molecule has 0 aliphatic heterocycles. The molecule has 0 saturated carbocycles. The minimum absolute atomic E-state index is 0.323. The van der Waals surface area contributed by atoms with Crippen molar-refractivity contribution in [3.63, 3.8) is 0 Å². The lowest BCUT2D eigenvalue weighted by Gasteiger charge is -2.36. The Balaban J connectivity index is 3.65. The van der Waals surface area contributed by atoms with E-state index >= 15 is 0 Å². The third-order valence-corrected chi connectivity index (χ3v) is 8.51. The van der Waals surface area contributed by atoms with Crippen molar-refractivity contribution in [2.24, 2.45) is 0 Å². The number of nitrogens with one attached hydrogen (secondary N) is 1. The van der Waals surface area contributed by atoms with Gasteiger partial charge in [0.1, 0.15) is 16.1 Å². The van der Waals surface area contributed by atoms with Crippen molar-refractivity contribution in [2.75, 3.05) is 5.75 Å². The van der Waals surface area contributed by atoms with Crippen molar-refractivity contribution in [1.29, 1.82) is 5.26 Å². The van der Waals surface area contributed by atoms with E-state index in [1.807, 2.05) is 0 Å². The van der Waals surface area contributed by atoms with Gasteiger partial charge in [-0.15, -0.1) is 4.72 Å². The van der Waals surface area contributed by atoms with Gasteiger partial charge in [-0.3, -0.25) is 10.1 Å². The second-order valence-corrected chi connectivity index (χ2v) is 12.6. The van der Waals surface area contributed by atoms with E-state index in [1.54, 1.807) is 26.8 Å². The molecule has 0 aliphatic carbocycles. The first-order valence-corrected chi connectivity index (χ1v) is 11.0. The van der Waals surface area contributed by atoms with Gasteiger partial charge < -0.3 is 4.55 Å². The molecule has 1 aromatic rings. The zero-order chi connectivity index (χ0) is 22.1. The first-order chi connectivity index (χ1) is 12.5. The fourth-order valence-corrected chi connectivity index (χ4v) is 4.68. The number of nitro benzene ring substituents is 1. The fraction of sp³-hybridized carbons (Fsp3) is 0.588. The molecular formula is C17H24FN3O5S2. The van der Waals surface area contributed by atoms with Crippen LogP contribution in [-0.4, -0.2) is 33.1 Å². The van der Waals surface area contributed by atoms with Crippen LogP contribution in [0.5, 0.6) is 0 Å². The van der Waals surface area contributed by atoms with Crippen molar-refractivity contribution in [1.82, 2.24) is 4.72 Å². The van der Waals surface area contributed by atoms with E-state index in [0.29, 0.717) is 0 Å². The molecule has 156 valence electrons. The van der Waals surface area contributed by atoms with Gasteiger partial charge >= 0.3 is 0 Å². The smallest absolute Gasteiger partial charge is 0.269 e. The lowest BCUT2D eigenvalue weighted by atomic mass is 9.94. The molecule has 11 heteroatoms. The third-order valence-electron chi connectivity index (χ3n) is 4.15. The zero-order valence-corrected chi connectivity index (χ0v) is 18.2. The van der Waals surface area contributed by atoms with Crippen LogP contribution >= 0.6 is 0 Å². The maximum Gasteiger partial charge on any atom is 0.269 e. The zero-order valence-electron chi connectivity index (χ0n) is 16.6. The molecule has 0 aromatic heterocycles. The van der Waals surface area contributed by atoms with Crippen LogP contribution in [0, 0.1) is 27.3 Å². The SMILES string of the molecule is CC(C)(C)[S+]([O-])N[C@](C)(CS(=O)(=O)C(C)(C)C#N)c1cc([N+](=O)[O-])ccc1F. The molecule has 0 heterocycles. The van der Waals surface area contributed by atoms with Gasteiger partial charge in [-0.1, -0.05) is 0 Å². The Kier molecular flexibility index (Phi) is 6.89. The lowest BCUT2D eigenvalue weighted by molar-refractivity contribution is -0.385. The molecule has 8 nitrogen and oxygen atoms in total. The van der Waals surface area contributed by atoms with Crippen molar-refractivity contribution in [3.8, 4) is 6.07 Å². The third kappa shape index (κ3) is 5.20. The van der Waals surface area contributed by atoms with Crippen LogP contribution in [-0.2, 0) is 26.7 Å². The van der Waals surface area contributed by atoms with Crippen LogP contribution in [0.3, 0.4) is 0 Å². The highest BCUT2D eigenvalue weighted by atomic mass is 32.2. The Labute approximate surface area is 167 Å². The predicted molar refractivity (Wildman–Crippen MR) is 105 cm³/mol. The highest BCUT2D eigenvalue weighted by Crippen LogP contribution is 2.33. The Morgan fingerprint density at radius 2 is 1.79 bits per heavy atom. The standard InChI is InChI=1S/C17H24FN3O5S2/c1-15(2,3)27(24)20-17(6,11-28(25,26)16(4,5)10-19)13-9-12(21(22)23)7-8-14(13)18/h7-9,20H,11H2,1-6H3/t17-,27?/m1/s1. The highest BCUT2D eigenvalue weighted by molar-refractivity contribution is 7.93. The molecule has 2 atom stereocenters. The number of nitro groups is 1. The summed E-state index contributed by atoms with van der Waals surface area (Å²) in [6, 6.07) is 4.41. The average Bonchev–Trinajstić information content (AvgIpc) is 2.53. The maximum absolute atomic E-state index is 14.6. The van der Waals surface area contributed by atoms with E-state index in [9.17, 15) is 32.7 Å². The van der Waals surface area contributed by atoms with Crippen LogP contribution in [0.25, 0.3) is 0 Å². The summed E-state index contributed by atoms with van der Waals surface area (Å²) in [5, 5.41) is 20.3. The molecule has 1 N–H and O–H groups in total. The van der Waals surface area contributed by atoms with Gasteiger partial charge in [0.05, 0.1) is 16.7 Å². The quantitative estimate of drug-likeness (QED) is 0.396. The molecule has 0 aliphatic rings. The first kappa shape index (κ1) is 24.3.